The molecule has 0 aliphatic rings. The van der Waals surface area contributed by atoms with Gasteiger partial charge < -0.3 is 9.84 Å². The molecule has 1 N–H and O–H groups in total. The average molecular weight is 215 g/mol. The van der Waals surface area contributed by atoms with Crippen LogP contribution in [-0.2, 0) is 18.3 Å². The van der Waals surface area contributed by atoms with E-state index < -0.39 is 17.4 Å². The van der Waals surface area contributed by atoms with E-state index in [9.17, 15) is 14.7 Å². The monoisotopic (exact) mass is 215 g/mol. The largest absolute Gasteiger partial charge is 0.389 e. The summed E-state index contributed by atoms with van der Waals surface area (Å²) in [4.78, 5) is 22.7. The summed E-state index contributed by atoms with van der Waals surface area (Å²) >= 11 is 0. The van der Waals surface area contributed by atoms with Crippen molar-refractivity contribution in [2.45, 2.75) is 12.6 Å². The molecule has 84 valence electrons. The molecule has 1 aromatic heterocycles. The van der Waals surface area contributed by atoms with E-state index in [2.05, 4.69) is 5.10 Å². The van der Waals surface area contributed by atoms with Gasteiger partial charge >= 0.3 is 5.69 Å². The molecule has 0 radical (unpaired) electrons. The van der Waals surface area contributed by atoms with E-state index in [1.165, 1.54) is 14.2 Å². The highest BCUT2D eigenvalue weighted by atomic mass is 16.5. The Bertz CT molecular complexity index is 436. The zero-order valence-electron chi connectivity index (χ0n) is 8.58. The third-order valence-corrected chi connectivity index (χ3v) is 1.87. The van der Waals surface area contributed by atoms with Gasteiger partial charge in [0.05, 0.1) is 19.3 Å². The van der Waals surface area contributed by atoms with E-state index in [-0.39, 0.29) is 13.2 Å². The van der Waals surface area contributed by atoms with Crippen LogP contribution in [0.25, 0.3) is 0 Å². The first-order valence-electron chi connectivity index (χ1n) is 4.36. The molecule has 0 aliphatic heterocycles. The Kier molecular flexibility index (Phi) is 3.75. The first-order valence-corrected chi connectivity index (χ1v) is 4.36. The zero-order chi connectivity index (χ0) is 11.4. The van der Waals surface area contributed by atoms with Gasteiger partial charge in [-0.25, -0.2) is 9.48 Å². The van der Waals surface area contributed by atoms with Crippen molar-refractivity contribution >= 4 is 0 Å². The lowest BCUT2D eigenvalue weighted by atomic mass is 10.4. The van der Waals surface area contributed by atoms with Gasteiger partial charge in [-0.3, -0.25) is 9.36 Å². The summed E-state index contributed by atoms with van der Waals surface area (Å²) in [5.74, 6) is 0. The van der Waals surface area contributed by atoms with Crippen molar-refractivity contribution in [3.05, 3.63) is 27.0 Å². The quantitative estimate of drug-likeness (QED) is 0.624. The number of aliphatic hydroxyl groups is 1. The average Bonchev–Trinajstić information content (AvgIpc) is 2.19. The number of hydrogen-bond acceptors (Lipinski definition) is 5. The van der Waals surface area contributed by atoms with Crippen LogP contribution in [0.5, 0.6) is 0 Å². The normalized spacial score (nSPS) is 12.7. The highest BCUT2D eigenvalue weighted by Gasteiger charge is 2.09. The molecule has 0 aromatic carbocycles. The van der Waals surface area contributed by atoms with Crippen LogP contribution in [-0.4, -0.2) is 39.3 Å². The van der Waals surface area contributed by atoms with E-state index in [0.717, 1.165) is 15.4 Å². The van der Waals surface area contributed by atoms with Gasteiger partial charge in [-0.05, 0) is 0 Å². The number of ether oxygens (including phenoxy) is 1. The van der Waals surface area contributed by atoms with Crippen LogP contribution in [0.15, 0.2) is 15.8 Å². The summed E-state index contributed by atoms with van der Waals surface area (Å²) in [6.45, 7) is -0.0280. The third kappa shape index (κ3) is 2.74. The number of aliphatic hydroxyl groups excluding tert-OH is 1. The molecule has 0 amide bonds. The molecule has 7 nitrogen and oxygen atoms in total. The van der Waals surface area contributed by atoms with Crippen LogP contribution in [0.2, 0.25) is 0 Å². The lowest BCUT2D eigenvalue weighted by Gasteiger charge is -2.10. The van der Waals surface area contributed by atoms with Gasteiger partial charge in [0.15, 0.2) is 0 Å². The van der Waals surface area contributed by atoms with Crippen LogP contribution in [0.1, 0.15) is 0 Å². The van der Waals surface area contributed by atoms with Gasteiger partial charge in [0.25, 0.3) is 5.56 Å². The number of rotatable bonds is 4. The fraction of sp³-hybridized carbons (Fsp3) is 0.625. The Labute approximate surface area is 85.5 Å². The van der Waals surface area contributed by atoms with E-state index in [4.69, 9.17) is 4.74 Å². The molecule has 0 bridgehead atoms. The van der Waals surface area contributed by atoms with Crippen molar-refractivity contribution in [2.75, 3.05) is 13.7 Å². The van der Waals surface area contributed by atoms with Crippen LogP contribution < -0.4 is 11.2 Å². The van der Waals surface area contributed by atoms with Gasteiger partial charge in [0.1, 0.15) is 6.20 Å². The summed E-state index contributed by atoms with van der Waals surface area (Å²) in [5.41, 5.74) is -1.09. The second-order valence-corrected chi connectivity index (χ2v) is 3.11. The number of aryl methyl sites for hydroxylation is 1. The lowest BCUT2D eigenvalue weighted by molar-refractivity contribution is 0.0518. The van der Waals surface area contributed by atoms with E-state index in [1.54, 1.807) is 0 Å². The lowest BCUT2D eigenvalue weighted by Crippen LogP contribution is -2.42. The van der Waals surface area contributed by atoms with Gasteiger partial charge in [-0.1, -0.05) is 0 Å². The Hall–Kier alpha value is -1.47. The summed E-state index contributed by atoms with van der Waals surface area (Å²) < 4.78 is 6.64. The molecule has 0 fully saturated rings. The molecule has 1 atom stereocenters. The molecule has 0 saturated carbocycles. The topological polar surface area (TPSA) is 86.3 Å². The van der Waals surface area contributed by atoms with Crippen LogP contribution in [0, 0.1) is 0 Å². The molecule has 1 unspecified atom stereocenters. The molecule has 1 aromatic rings. The van der Waals surface area contributed by atoms with Crippen molar-refractivity contribution in [3.63, 3.8) is 0 Å². The minimum Gasteiger partial charge on any atom is -0.389 e. The predicted molar refractivity (Wildman–Crippen MR) is 51.6 cm³/mol. The van der Waals surface area contributed by atoms with E-state index in [0.29, 0.717) is 0 Å². The Morgan fingerprint density at radius 2 is 2.27 bits per heavy atom. The van der Waals surface area contributed by atoms with E-state index in [1.807, 2.05) is 0 Å². The highest BCUT2D eigenvalue weighted by Crippen LogP contribution is 1.85. The standard InChI is InChI=1S/C8H13N3O4/c1-10-8(14)11(7(13)3-9-10)4-6(12)5-15-2/h3,6,12H,4-5H2,1-2H3. The molecule has 7 heteroatoms. The van der Waals surface area contributed by atoms with Gasteiger partial charge in [0.2, 0.25) is 0 Å². The molecule has 1 rings (SSSR count). The molecular weight excluding hydrogens is 202 g/mol. The molecule has 0 saturated heterocycles. The van der Waals surface area contributed by atoms with Crippen LogP contribution in [0.4, 0.5) is 0 Å². The zero-order valence-corrected chi connectivity index (χ0v) is 8.58. The second-order valence-electron chi connectivity index (χ2n) is 3.11. The first kappa shape index (κ1) is 11.6. The Morgan fingerprint density at radius 3 is 2.87 bits per heavy atom. The Balaban J connectivity index is 2.99. The molecule has 0 spiro atoms. The minimum atomic E-state index is -0.886. The number of hydrogen-bond donors (Lipinski definition) is 1. The minimum absolute atomic E-state index is 0.0674. The predicted octanol–water partition coefficient (Wildman–Crippen LogP) is -2.05. The summed E-state index contributed by atoms with van der Waals surface area (Å²) in [7, 11) is 2.86. The summed E-state index contributed by atoms with van der Waals surface area (Å²) in [6, 6.07) is 0. The smallest absolute Gasteiger partial charge is 0.347 e. The number of nitrogens with zero attached hydrogens (tertiary/aromatic N) is 3. The van der Waals surface area contributed by atoms with Crippen LogP contribution in [0.3, 0.4) is 0 Å². The molecule has 1 heterocycles. The van der Waals surface area contributed by atoms with E-state index >= 15 is 0 Å². The van der Waals surface area contributed by atoms with Crippen molar-refractivity contribution in [1.29, 1.82) is 0 Å². The van der Waals surface area contributed by atoms with Gasteiger partial charge in [0, 0.05) is 14.2 Å². The fourth-order valence-corrected chi connectivity index (χ4v) is 1.15. The maximum atomic E-state index is 11.4. The Morgan fingerprint density at radius 1 is 1.60 bits per heavy atom. The molecule has 0 aliphatic carbocycles. The van der Waals surface area contributed by atoms with Crippen LogP contribution >= 0.6 is 0 Å². The fourth-order valence-electron chi connectivity index (χ4n) is 1.15. The van der Waals surface area contributed by atoms with Gasteiger partial charge in [-0.2, -0.15) is 5.10 Å². The molecule has 15 heavy (non-hydrogen) atoms. The number of methoxy groups -OCH3 is 1. The maximum Gasteiger partial charge on any atom is 0.347 e. The maximum absolute atomic E-state index is 11.4. The highest BCUT2D eigenvalue weighted by molar-refractivity contribution is 4.76. The van der Waals surface area contributed by atoms with Crippen molar-refractivity contribution in [1.82, 2.24) is 14.3 Å². The SMILES string of the molecule is COCC(O)Cn1c(=O)cnn(C)c1=O. The summed E-state index contributed by atoms with van der Waals surface area (Å²) in [5, 5.41) is 12.9. The third-order valence-electron chi connectivity index (χ3n) is 1.87. The van der Waals surface area contributed by atoms with Crippen molar-refractivity contribution in [3.8, 4) is 0 Å². The van der Waals surface area contributed by atoms with Crippen molar-refractivity contribution < 1.29 is 9.84 Å². The number of aromatic nitrogens is 3. The molecular formula is C8H13N3O4. The summed E-state index contributed by atoms with van der Waals surface area (Å²) in [6.07, 6.45) is 0.142. The first-order chi connectivity index (χ1) is 7.06. The van der Waals surface area contributed by atoms with Gasteiger partial charge in [-0.15, -0.1) is 0 Å². The second kappa shape index (κ2) is 4.85. The van der Waals surface area contributed by atoms with Crippen molar-refractivity contribution in [2.24, 2.45) is 7.05 Å².